The highest BCUT2D eigenvalue weighted by atomic mass is 35.5. The number of hydrogen-bond donors (Lipinski definition) is 1. The molecule has 2 N–H and O–H groups in total. The van der Waals surface area contributed by atoms with E-state index in [1.807, 2.05) is 0 Å². The van der Waals surface area contributed by atoms with Crippen LogP contribution in [0, 0.1) is 17.7 Å². The number of halogens is 2. The maximum Gasteiger partial charge on any atom is 0.148 e. The summed E-state index contributed by atoms with van der Waals surface area (Å²) in [6.45, 7) is 0.270. The average Bonchev–Trinajstić information content (AvgIpc) is 2.24. The molecule has 0 aliphatic carbocycles. The second-order valence-corrected chi connectivity index (χ2v) is 3.29. The number of hydrogen-bond acceptors (Lipinski definition) is 2. The Bertz CT molecular complexity index is 498. The molecule has 0 saturated carbocycles. The summed E-state index contributed by atoms with van der Waals surface area (Å²) in [5.41, 5.74) is 13.8. The van der Waals surface area contributed by atoms with Crippen molar-refractivity contribution in [2.24, 2.45) is 5.11 Å². The predicted octanol–water partition coefficient (Wildman–Crippen LogP) is 3.11. The molecule has 0 atom stereocenters. The monoisotopic (exact) mass is 238 g/mol. The maximum absolute atomic E-state index is 13.1. The Morgan fingerprint density at radius 3 is 3.00 bits per heavy atom. The molecule has 0 spiro atoms. The van der Waals surface area contributed by atoms with Crippen LogP contribution in [0.25, 0.3) is 10.4 Å². The Morgan fingerprint density at radius 1 is 1.56 bits per heavy atom. The van der Waals surface area contributed by atoms with Crippen molar-refractivity contribution in [2.45, 2.75) is 6.42 Å². The van der Waals surface area contributed by atoms with E-state index in [1.54, 1.807) is 0 Å². The van der Waals surface area contributed by atoms with Crippen molar-refractivity contribution in [1.29, 1.82) is 0 Å². The van der Waals surface area contributed by atoms with Gasteiger partial charge in [-0.25, -0.2) is 4.39 Å². The highest BCUT2D eigenvalue weighted by Crippen LogP contribution is 2.21. The Balaban J connectivity index is 2.84. The molecule has 0 saturated heterocycles. The molecule has 1 rings (SSSR count). The quantitative estimate of drug-likeness (QED) is 0.211. The Kier molecular flexibility index (Phi) is 4.46. The lowest BCUT2D eigenvalue weighted by molar-refractivity contribution is 0.632. The first-order valence-electron chi connectivity index (χ1n) is 4.39. The Labute approximate surface area is 96.8 Å². The van der Waals surface area contributed by atoms with Gasteiger partial charge in [0.1, 0.15) is 5.82 Å². The number of anilines is 1. The predicted molar refractivity (Wildman–Crippen MR) is 61.3 cm³/mol. The van der Waals surface area contributed by atoms with Crippen LogP contribution >= 0.6 is 11.6 Å². The third kappa shape index (κ3) is 3.35. The van der Waals surface area contributed by atoms with Gasteiger partial charge < -0.3 is 5.73 Å². The largest absolute Gasteiger partial charge is 0.395 e. The Morgan fingerprint density at radius 2 is 2.31 bits per heavy atom. The summed E-state index contributed by atoms with van der Waals surface area (Å²) in [6, 6.07) is 2.61. The van der Waals surface area contributed by atoms with E-state index in [0.717, 1.165) is 6.07 Å². The summed E-state index contributed by atoms with van der Waals surface area (Å²) in [6.07, 6.45) is 0.387. The van der Waals surface area contributed by atoms with Gasteiger partial charge in [-0.15, -0.1) is 0 Å². The number of nitrogens with two attached hydrogens (primary N) is 1. The lowest BCUT2D eigenvalue weighted by Crippen LogP contribution is -1.94. The lowest BCUT2D eigenvalue weighted by Gasteiger charge is -2.00. The van der Waals surface area contributed by atoms with Gasteiger partial charge in [-0.3, -0.25) is 0 Å². The van der Waals surface area contributed by atoms with E-state index < -0.39 is 5.82 Å². The zero-order valence-electron chi connectivity index (χ0n) is 8.24. The minimum absolute atomic E-state index is 0.0271. The zero-order valence-corrected chi connectivity index (χ0v) is 9.00. The van der Waals surface area contributed by atoms with Crippen LogP contribution in [0.5, 0.6) is 0 Å². The number of benzene rings is 1. The molecular formula is C10H8ClFN4. The molecule has 16 heavy (non-hydrogen) atoms. The molecule has 82 valence electrons. The smallest absolute Gasteiger partial charge is 0.148 e. The fourth-order valence-corrected chi connectivity index (χ4v) is 1.20. The molecule has 0 amide bonds. The highest BCUT2D eigenvalue weighted by molar-refractivity contribution is 6.30. The van der Waals surface area contributed by atoms with Gasteiger partial charge in [0.2, 0.25) is 0 Å². The average molecular weight is 239 g/mol. The van der Waals surface area contributed by atoms with Crippen LogP contribution in [-0.2, 0) is 0 Å². The summed E-state index contributed by atoms with van der Waals surface area (Å²) in [5, 5.41) is 3.55. The molecular weight excluding hydrogens is 231 g/mol. The fraction of sp³-hybridized carbons (Fsp3) is 0.200. The molecule has 1 aromatic rings. The first-order valence-corrected chi connectivity index (χ1v) is 4.77. The van der Waals surface area contributed by atoms with Crippen molar-refractivity contribution < 1.29 is 4.39 Å². The minimum Gasteiger partial charge on any atom is -0.395 e. The number of rotatable bonds is 2. The molecule has 4 nitrogen and oxygen atoms in total. The highest BCUT2D eigenvalue weighted by Gasteiger charge is 2.04. The summed E-state index contributed by atoms with van der Waals surface area (Å²) in [5.74, 6) is 4.79. The maximum atomic E-state index is 13.1. The van der Waals surface area contributed by atoms with Crippen molar-refractivity contribution in [2.75, 3.05) is 12.3 Å². The van der Waals surface area contributed by atoms with Crippen LogP contribution in [0.3, 0.4) is 0 Å². The van der Waals surface area contributed by atoms with Gasteiger partial charge in [0, 0.05) is 22.9 Å². The van der Waals surface area contributed by atoms with E-state index in [0.29, 0.717) is 12.0 Å². The first-order chi connectivity index (χ1) is 7.65. The number of nitrogens with zero attached hydrogens (tertiary/aromatic N) is 3. The molecule has 1 aromatic carbocycles. The summed E-state index contributed by atoms with van der Waals surface area (Å²) < 4.78 is 13.1. The molecule has 6 heteroatoms. The normalized spacial score (nSPS) is 8.88. The van der Waals surface area contributed by atoms with Gasteiger partial charge in [-0.1, -0.05) is 28.6 Å². The minimum atomic E-state index is -0.591. The molecule has 0 radical (unpaired) electrons. The van der Waals surface area contributed by atoms with Gasteiger partial charge in [0.05, 0.1) is 11.3 Å². The van der Waals surface area contributed by atoms with Gasteiger partial charge in [-0.2, -0.15) is 0 Å². The standard InChI is InChI=1S/C10H8ClFN4/c11-8-5-7(10(13)9(12)6-8)3-1-2-4-15-16-14/h5-6H,2,4,13H2. The van der Waals surface area contributed by atoms with E-state index in [2.05, 4.69) is 21.9 Å². The second kappa shape index (κ2) is 5.86. The summed E-state index contributed by atoms with van der Waals surface area (Å²) in [4.78, 5) is 2.58. The van der Waals surface area contributed by atoms with Gasteiger partial charge >= 0.3 is 0 Å². The molecule has 0 aliphatic heterocycles. The van der Waals surface area contributed by atoms with Crippen LogP contribution in [-0.4, -0.2) is 6.54 Å². The van der Waals surface area contributed by atoms with Gasteiger partial charge in [0.25, 0.3) is 0 Å². The van der Waals surface area contributed by atoms with Gasteiger partial charge in [0.15, 0.2) is 0 Å². The first kappa shape index (κ1) is 12.2. The summed E-state index contributed by atoms with van der Waals surface area (Å²) in [7, 11) is 0. The molecule has 0 fully saturated rings. The van der Waals surface area contributed by atoms with Crippen molar-refractivity contribution in [1.82, 2.24) is 0 Å². The van der Waals surface area contributed by atoms with Crippen LogP contribution in [0.4, 0.5) is 10.1 Å². The SMILES string of the molecule is [N-]=[N+]=NCCC#Cc1cc(Cl)cc(F)c1N. The third-order valence-electron chi connectivity index (χ3n) is 1.72. The molecule has 0 bridgehead atoms. The summed E-state index contributed by atoms with van der Waals surface area (Å²) >= 11 is 5.65. The van der Waals surface area contributed by atoms with Crippen molar-refractivity contribution in [3.8, 4) is 11.8 Å². The van der Waals surface area contributed by atoms with E-state index in [9.17, 15) is 4.39 Å². The molecule has 0 aromatic heterocycles. The van der Waals surface area contributed by atoms with E-state index in [1.165, 1.54) is 6.07 Å². The second-order valence-electron chi connectivity index (χ2n) is 2.86. The number of azide groups is 1. The van der Waals surface area contributed by atoms with Crippen LogP contribution in [0.15, 0.2) is 17.2 Å². The van der Waals surface area contributed by atoms with Crippen molar-refractivity contribution in [3.05, 3.63) is 39.0 Å². The van der Waals surface area contributed by atoms with Crippen LogP contribution < -0.4 is 5.73 Å². The van der Waals surface area contributed by atoms with Crippen molar-refractivity contribution >= 4 is 17.3 Å². The van der Waals surface area contributed by atoms with Crippen LogP contribution in [0.1, 0.15) is 12.0 Å². The lowest BCUT2D eigenvalue weighted by atomic mass is 10.1. The van der Waals surface area contributed by atoms with Gasteiger partial charge in [-0.05, 0) is 17.7 Å². The van der Waals surface area contributed by atoms with E-state index >= 15 is 0 Å². The van der Waals surface area contributed by atoms with Crippen LogP contribution in [0.2, 0.25) is 5.02 Å². The molecule has 0 heterocycles. The van der Waals surface area contributed by atoms with E-state index in [-0.39, 0.29) is 17.3 Å². The number of nitrogen functional groups attached to an aromatic ring is 1. The topological polar surface area (TPSA) is 74.8 Å². The molecule has 0 unspecified atom stereocenters. The van der Waals surface area contributed by atoms with E-state index in [4.69, 9.17) is 22.9 Å². The zero-order chi connectivity index (χ0) is 12.0. The fourth-order valence-electron chi connectivity index (χ4n) is 0.997. The van der Waals surface area contributed by atoms with Crippen molar-refractivity contribution in [3.63, 3.8) is 0 Å². The molecule has 0 aliphatic rings. The Hall–Kier alpha value is -1.89. The third-order valence-corrected chi connectivity index (χ3v) is 1.94.